The molecule has 1 amide bonds. The number of rotatable bonds is 3. The molecule has 1 fully saturated rings. The first-order chi connectivity index (χ1) is 10.2. The van der Waals surface area contributed by atoms with Crippen LogP contribution >= 0.6 is 0 Å². The number of hydrogen-bond acceptors (Lipinski definition) is 5. The molecule has 1 aliphatic heterocycles. The average molecular weight is 286 g/mol. The third-order valence-corrected chi connectivity index (χ3v) is 3.91. The van der Waals surface area contributed by atoms with Crippen LogP contribution in [0.4, 0.5) is 5.69 Å². The molecule has 0 atom stereocenters. The number of carbonyl (C=O) groups excluding carboxylic acids is 1. The van der Waals surface area contributed by atoms with Crippen LogP contribution in [0.5, 0.6) is 0 Å². The van der Waals surface area contributed by atoms with Crippen LogP contribution in [0, 0.1) is 5.41 Å². The molecule has 7 heteroatoms. The summed E-state index contributed by atoms with van der Waals surface area (Å²) in [5.74, 6) is 0.720. The highest BCUT2D eigenvalue weighted by Gasteiger charge is 2.34. The van der Waals surface area contributed by atoms with Gasteiger partial charge < -0.3 is 10.6 Å². The molecule has 0 unspecified atom stereocenters. The van der Waals surface area contributed by atoms with Gasteiger partial charge in [-0.3, -0.25) is 4.79 Å². The largest absolute Gasteiger partial charge is 0.324 e. The van der Waals surface area contributed by atoms with Crippen LogP contribution in [-0.4, -0.2) is 38.7 Å². The number of carbonyl (C=O) groups is 1. The summed E-state index contributed by atoms with van der Waals surface area (Å²) in [6.07, 6.45) is 6.37. The van der Waals surface area contributed by atoms with E-state index in [0.717, 1.165) is 25.9 Å². The van der Waals surface area contributed by atoms with Crippen molar-refractivity contribution in [3.05, 3.63) is 31.0 Å². The van der Waals surface area contributed by atoms with Crippen molar-refractivity contribution in [2.45, 2.75) is 19.8 Å². The monoisotopic (exact) mass is 286 g/mol. The Morgan fingerprint density at radius 1 is 1.38 bits per heavy atom. The lowest BCUT2D eigenvalue weighted by atomic mass is 9.80. The zero-order valence-corrected chi connectivity index (χ0v) is 11.9. The molecule has 0 radical (unpaired) electrons. The normalized spacial score (nSPS) is 17.4. The van der Waals surface area contributed by atoms with E-state index in [1.54, 1.807) is 23.3 Å². The molecule has 0 spiro atoms. The summed E-state index contributed by atoms with van der Waals surface area (Å²) in [5, 5.41) is 10.2. The SMILES string of the molecule is CC1(C(=O)Nc2ccc(-n3cncn3)nc2)CCNCC1. The van der Waals surface area contributed by atoms with E-state index in [-0.39, 0.29) is 11.3 Å². The van der Waals surface area contributed by atoms with Crippen LogP contribution in [-0.2, 0) is 4.79 Å². The lowest BCUT2D eigenvalue weighted by Crippen LogP contribution is -2.42. The first-order valence-corrected chi connectivity index (χ1v) is 7.01. The summed E-state index contributed by atoms with van der Waals surface area (Å²) in [5.41, 5.74) is 0.388. The number of aromatic nitrogens is 4. The van der Waals surface area contributed by atoms with E-state index in [1.807, 2.05) is 13.0 Å². The van der Waals surface area contributed by atoms with Crippen molar-refractivity contribution in [1.29, 1.82) is 0 Å². The molecule has 0 aliphatic carbocycles. The molecule has 1 saturated heterocycles. The number of nitrogens with zero attached hydrogens (tertiary/aromatic N) is 4. The van der Waals surface area contributed by atoms with Gasteiger partial charge in [-0.2, -0.15) is 5.10 Å². The second-order valence-corrected chi connectivity index (χ2v) is 5.51. The molecular weight excluding hydrogens is 268 g/mol. The lowest BCUT2D eigenvalue weighted by molar-refractivity contribution is -0.126. The van der Waals surface area contributed by atoms with Gasteiger partial charge in [-0.05, 0) is 38.1 Å². The van der Waals surface area contributed by atoms with Gasteiger partial charge in [0.15, 0.2) is 5.82 Å². The molecule has 0 bridgehead atoms. The highest BCUT2D eigenvalue weighted by Crippen LogP contribution is 2.29. The summed E-state index contributed by atoms with van der Waals surface area (Å²) in [7, 11) is 0. The Labute approximate surface area is 122 Å². The van der Waals surface area contributed by atoms with Gasteiger partial charge in [0.2, 0.25) is 5.91 Å². The number of amides is 1. The van der Waals surface area contributed by atoms with Crippen LogP contribution in [0.25, 0.3) is 5.82 Å². The predicted octanol–water partition coefficient (Wildman–Crippen LogP) is 0.990. The maximum Gasteiger partial charge on any atom is 0.230 e. The zero-order valence-electron chi connectivity index (χ0n) is 11.9. The van der Waals surface area contributed by atoms with Crippen molar-refractivity contribution in [1.82, 2.24) is 25.1 Å². The maximum absolute atomic E-state index is 12.4. The molecule has 2 aromatic rings. The van der Waals surface area contributed by atoms with Gasteiger partial charge in [0.1, 0.15) is 12.7 Å². The van der Waals surface area contributed by atoms with Crippen molar-refractivity contribution >= 4 is 11.6 Å². The maximum atomic E-state index is 12.4. The van der Waals surface area contributed by atoms with Crippen molar-refractivity contribution in [3.8, 4) is 5.82 Å². The number of piperidine rings is 1. The predicted molar refractivity (Wildman–Crippen MR) is 78.0 cm³/mol. The fraction of sp³-hybridized carbons (Fsp3) is 0.429. The van der Waals surface area contributed by atoms with E-state index in [9.17, 15) is 4.79 Å². The smallest absolute Gasteiger partial charge is 0.230 e. The second kappa shape index (κ2) is 5.61. The molecule has 0 saturated carbocycles. The number of anilines is 1. The first-order valence-electron chi connectivity index (χ1n) is 7.01. The van der Waals surface area contributed by atoms with Crippen molar-refractivity contribution in [2.24, 2.45) is 5.41 Å². The Hall–Kier alpha value is -2.28. The zero-order chi connectivity index (χ0) is 14.7. The fourth-order valence-corrected chi connectivity index (χ4v) is 2.41. The van der Waals surface area contributed by atoms with Crippen LogP contribution in [0.3, 0.4) is 0 Å². The fourth-order valence-electron chi connectivity index (χ4n) is 2.41. The molecule has 3 heterocycles. The van der Waals surface area contributed by atoms with Gasteiger partial charge >= 0.3 is 0 Å². The van der Waals surface area contributed by atoms with E-state index in [4.69, 9.17) is 0 Å². The quantitative estimate of drug-likeness (QED) is 0.879. The molecule has 2 aromatic heterocycles. The standard InChI is InChI=1S/C14H18N6O/c1-14(4-6-15-7-5-14)13(21)19-11-2-3-12(17-8-11)20-10-16-9-18-20/h2-3,8-10,15H,4-7H2,1H3,(H,19,21). The van der Waals surface area contributed by atoms with Gasteiger partial charge in [-0.1, -0.05) is 6.92 Å². The minimum absolute atomic E-state index is 0.0549. The third kappa shape index (κ3) is 2.92. The van der Waals surface area contributed by atoms with Gasteiger partial charge in [0.25, 0.3) is 0 Å². The Morgan fingerprint density at radius 2 is 2.19 bits per heavy atom. The van der Waals surface area contributed by atoms with Crippen molar-refractivity contribution in [2.75, 3.05) is 18.4 Å². The number of nitrogens with one attached hydrogen (secondary N) is 2. The molecule has 0 aromatic carbocycles. The minimum atomic E-state index is -0.310. The molecule has 1 aliphatic rings. The van der Waals surface area contributed by atoms with Crippen LogP contribution in [0.2, 0.25) is 0 Å². The highest BCUT2D eigenvalue weighted by atomic mass is 16.2. The van der Waals surface area contributed by atoms with Crippen molar-refractivity contribution < 1.29 is 4.79 Å². The van der Waals surface area contributed by atoms with Gasteiger partial charge in [0.05, 0.1) is 11.9 Å². The summed E-state index contributed by atoms with van der Waals surface area (Å²) < 4.78 is 1.57. The lowest BCUT2D eigenvalue weighted by Gasteiger charge is -2.32. The van der Waals surface area contributed by atoms with Crippen LogP contribution in [0.1, 0.15) is 19.8 Å². The van der Waals surface area contributed by atoms with E-state index >= 15 is 0 Å². The summed E-state index contributed by atoms with van der Waals surface area (Å²) in [4.78, 5) is 20.6. The summed E-state index contributed by atoms with van der Waals surface area (Å²) in [6.45, 7) is 3.78. The van der Waals surface area contributed by atoms with Crippen LogP contribution < -0.4 is 10.6 Å². The van der Waals surface area contributed by atoms with E-state index in [2.05, 4.69) is 25.7 Å². The van der Waals surface area contributed by atoms with Gasteiger partial charge in [-0.15, -0.1) is 0 Å². The second-order valence-electron chi connectivity index (χ2n) is 5.51. The van der Waals surface area contributed by atoms with Crippen molar-refractivity contribution in [3.63, 3.8) is 0 Å². The highest BCUT2D eigenvalue weighted by molar-refractivity contribution is 5.95. The molecule has 2 N–H and O–H groups in total. The molecule has 7 nitrogen and oxygen atoms in total. The Morgan fingerprint density at radius 3 is 2.81 bits per heavy atom. The third-order valence-electron chi connectivity index (χ3n) is 3.91. The van der Waals surface area contributed by atoms with Crippen LogP contribution in [0.15, 0.2) is 31.0 Å². The molecule has 110 valence electrons. The molecule has 3 rings (SSSR count). The van der Waals surface area contributed by atoms with E-state index < -0.39 is 0 Å². The van der Waals surface area contributed by atoms with Gasteiger partial charge in [-0.25, -0.2) is 14.6 Å². The minimum Gasteiger partial charge on any atom is -0.324 e. The van der Waals surface area contributed by atoms with E-state index in [0.29, 0.717) is 11.5 Å². The molecule has 21 heavy (non-hydrogen) atoms. The number of hydrogen-bond donors (Lipinski definition) is 2. The van der Waals surface area contributed by atoms with E-state index in [1.165, 1.54) is 6.33 Å². The molecular formula is C14H18N6O. The Bertz CT molecular complexity index is 601. The average Bonchev–Trinajstić information content (AvgIpc) is 3.03. The Kier molecular flexibility index (Phi) is 3.66. The topological polar surface area (TPSA) is 84.7 Å². The summed E-state index contributed by atoms with van der Waals surface area (Å²) in [6, 6.07) is 3.63. The Balaban J connectivity index is 1.69. The first kappa shape index (κ1) is 13.7. The number of pyridine rings is 1. The summed E-state index contributed by atoms with van der Waals surface area (Å²) >= 11 is 0. The van der Waals surface area contributed by atoms with Gasteiger partial charge in [0, 0.05) is 5.41 Å².